The Kier molecular flexibility index (Phi) is 6.41. The van der Waals surface area contributed by atoms with Crippen molar-refractivity contribution in [2.45, 2.75) is 55.8 Å². The van der Waals surface area contributed by atoms with Crippen molar-refractivity contribution in [3.05, 3.63) is 112 Å². The molecular formula is C33H32F4N2O. The monoisotopic (exact) mass is 548 g/mol. The third-order valence-electron chi connectivity index (χ3n) is 9.57. The number of hydrogen-bond acceptors (Lipinski definition) is 2. The molecule has 3 aromatic carbocycles. The van der Waals surface area contributed by atoms with E-state index in [4.69, 9.17) is 0 Å². The predicted molar refractivity (Wildman–Crippen MR) is 147 cm³/mol. The van der Waals surface area contributed by atoms with Crippen molar-refractivity contribution in [2.24, 2.45) is 0 Å². The lowest BCUT2D eigenvalue weighted by molar-refractivity contribution is -0.140. The van der Waals surface area contributed by atoms with Gasteiger partial charge in [-0.2, -0.15) is 13.2 Å². The second kappa shape index (κ2) is 9.58. The molecule has 0 atom stereocenters. The number of hydrogen-bond donors (Lipinski definition) is 0. The third kappa shape index (κ3) is 4.09. The van der Waals surface area contributed by atoms with E-state index < -0.39 is 29.0 Å². The highest BCUT2D eigenvalue weighted by atomic mass is 19.4. The Labute approximate surface area is 232 Å². The summed E-state index contributed by atoms with van der Waals surface area (Å²) < 4.78 is 54.8. The maximum atomic E-state index is 14.1. The average molecular weight is 549 g/mol. The summed E-state index contributed by atoms with van der Waals surface area (Å²) in [6, 6.07) is 21.3. The molecule has 208 valence electrons. The Balaban J connectivity index is 1.43. The molecule has 1 saturated carbocycles. The molecule has 6 rings (SSSR count). The predicted octanol–water partition coefficient (Wildman–Crippen LogP) is 7.47. The summed E-state index contributed by atoms with van der Waals surface area (Å²) >= 11 is 0. The lowest BCUT2D eigenvalue weighted by atomic mass is 9.63. The Hall–Kier alpha value is -3.45. The van der Waals surface area contributed by atoms with Gasteiger partial charge in [-0.25, -0.2) is 4.39 Å². The number of halogens is 4. The van der Waals surface area contributed by atoms with Gasteiger partial charge in [0.05, 0.1) is 11.1 Å². The number of fused-ring (bicyclic) bond motifs is 3. The van der Waals surface area contributed by atoms with E-state index >= 15 is 0 Å². The molecule has 3 aliphatic rings. The van der Waals surface area contributed by atoms with Crippen LogP contribution >= 0.6 is 0 Å². The zero-order valence-electron chi connectivity index (χ0n) is 22.7. The summed E-state index contributed by atoms with van der Waals surface area (Å²) in [7, 11) is 4.17. The fourth-order valence-electron chi connectivity index (χ4n) is 7.48. The summed E-state index contributed by atoms with van der Waals surface area (Å²) in [4.78, 5) is 18.2. The second-order valence-corrected chi connectivity index (χ2v) is 11.5. The minimum atomic E-state index is -4.88. The molecule has 3 aromatic rings. The van der Waals surface area contributed by atoms with Gasteiger partial charge in [-0.1, -0.05) is 54.6 Å². The van der Waals surface area contributed by atoms with Crippen LogP contribution in [0.5, 0.6) is 0 Å². The molecule has 1 fully saturated rings. The van der Waals surface area contributed by atoms with Gasteiger partial charge in [0.25, 0.3) is 5.91 Å². The van der Waals surface area contributed by atoms with Gasteiger partial charge in [-0.05, 0) is 98.7 Å². The fourth-order valence-corrected chi connectivity index (χ4v) is 7.48. The van der Waals surface area contributed by atoms with Gasteiger partial charge in [0.15, 0.2) is 0 Å². The molecule has 0 unspecified atom stereocenters. The summed E-state index contributed by atoms with van der Waals surface area (Å²) in [5.41, 5.74) is 3.79. The van der Waals surface area contributed by atoms with Crippen LogP contribution in [0.1, 0.15) is 64.7 Å². The number of alkyl halides is 3. The zero-order chi connectivity index (χ0) is 28.3. The van der Waals surface area contributed by atoms with Crippen molar-refractivity contribution >= 4 is 11.5 Å². The summed E-state index contributed by atoms with van der Waals surface area (Å²) in [5, 5.41) is 0. The normalized spacial score (nSPS) is 24.4. The minimum Gasteiger partial charge on any atom is -0.329 e. The molecule has 1 heterocycles. The first-order chi connectivity index (χ1) is 19.1. The third-order valence-corrected chi connectivity index (χ3v) is 9.57. The van der Waals surface area contributed by atoms with E-state index in [0.29, 0.717) is 31.9 Å². The molecular weight excluding hydrogens is 516 g/mol. The van der Waals surface area contributed by atoms with Gasteiger partial charge >= 0.3 is 6.18 Å². The molecule has 2 aliphatic carbocycles. The van der Waals surface area contributed by atoms with E-state index in [-0.39, 0.29) is 11.1 Å². The van der Waals surface area contributed by atoms with Gasteiger partial charge < -0.3 is 4.90 Å². The highest BCUT2D eigenvalue weighted by molar-refractivity contribution is 5.96. The number of nitrogens with zero attached hydrogens (tertiary/aromatic N) is 2. The maximum absolute atomic E-state index is 14.1. The Morgan fingerprint density at radius 3 is 2.25 bits per heavy atom. The van der Waals surface area contributed by atoms with Crippen molar-refractivity contribution in [1.82, 2.24) is 9.80 Å². The molecule has 0 saturated heterocycles. The minimum absolute atomic E-state index is 0.125. The molecule has 0 N–H and O–H groups in total. The lowest BCUT2D eigenvalue weighted by Gasteiger charge is -2.56. The number of amides is 1. The number of benzene rings is 3. The molecule has 1 amide bonds. The van der Waals surface area contributed by atoms with Gasteiger partial charge in [0.1, 0.15) is 5.82 Å². The fraction of sp³-hybridized carbons (Fsp3) is 0.364. The Morgan fingerprint density at radius 2 is 1.57 bits per heavy atom. The molecule has 0 radical (unpaired) electrons. The van der Waals surface area contributed by atoms with Crippen LogP contribution in [0.25, 0.3) is 5.57 Å². The second-order valence-electron chi connectivity index (χ2n) is 11.5. The Morgan fingerprint density at radius 1 is 0.900 bits per heavy atom. The first-order valence-corrected chi connectivity index (χ1v) is 13.8. The molecule has 1 aliphatic heterocycles. The van der Waals surface area contributed by atoms with Crippen LogP contribution in [0.15, 0.2) is 78.4 Å². The molecule has 1 spiro atoms. The maximum Gasteiger partial charge on any atom is 0.419 e. The van der Waals surface area contributed by atoms with Crippen LogP contribution in [-0.2, 0) is 18.1 Å². The van der Waals surface area contributed by atoms with Crippen molar-refractivity contribution in [1.29, 1.82) is 0 Å². The first-order valence-electron chi connectivity index (χ1n) is 13.8. The van der Waals surface area contributed by atoms with Crippen LogP contribution < -0.4 is 0 Å². The first kappa shape index (κ1) is 26.8. The van der Waals surface area contributed by atoms with Crippen molar-refractivity contribution in [3.8, 4) is 0 Å². The van der Waals surface area contributed by atoms with Gasteiger partial charge in [-0.3, -0.25) is 9.69 Å². The standard InChI is InChI=1S/C33H32F4N2O/c1-38(2)31(24-9-4-3-5-10-24)15-17-32(18-16-31)27-20-22-8-6-7-11-25(22)26(27)14-19-39(32)30(40)23-12-13-29(34)28(21-23)33(35,36)37/h3-13,21H,14-20H2,1-2H3. The zero-order valence-corrected chi connectivity index (χ0v) is 22.7. The van der Waals surface area contributed by atoms with Gasteiger partial charge in [0, 0.05) is 17.6 Å². The van der Waals surface area contributed by atoms with E-state index in [9.17, 15) is 22.4 Å². The van der Waals surface area contributed by atoms with Crippen LogP contribution in [0.2, 0.25) is 0 Å². The summed E-state index contributed by atoms with van der Waals surface area (Å²) in [6.45, 7) is 0.408. The highest BCUT2D eigenvalue weighted by Crippen LogP contribution is 2.55. The SMILES string of the molecule is CN(C)C1(c2ccccc2)CCC2(CC1)C1=C(CCN2C(=O)c2ccc(F)c(C(F)(F)F)c2)c2ccccc2C1. The van der Waals surface area contributed by atoms with Gasteiger partial charge in [0.2, 0.25) is 0 Å². The van der Waals surface area contributed by atoms with E-state index in [2.05, 4.69) is 43.3 Å². The largest absolute Gasteiger partial charge is 0.419 e. The van der Waals surface area contributed by atoms with Crippen LogP contribution in [0.4, 0.5) is 17.6 Å². The van der Waals surface area contributed by atoms with E-state index in [0.717, 1.165) is 25.3 Å². The smallest absolute Gasteiger partial charge is 0.329 e. The summed E-state index contributed by atoms with van der Waals surface area (Å²) in [6.07, 6.45) is -0.555. The van der Waals surface area contributed by atoms with Gasteiger partial charge in [-0.15, -0.1) is 0 Å². The van der Waals surface area contributed by atoms with Crippen molar-refractivity contribution in [3.63, 3.8) is 0 Å². The van der Waals surface area contributed by atoms with Crippen LogP contribution in [0.3, 0.4) is 0 Å². The molecule has 7 heteroatoms. The van der Waals surface area contributed by atoms with Crippen LogP contribution in [0, 0.1) is 5.82 Å². The molecule has 0 bridgehead atoms. The number of rotatable bonds is 3. The van der Waals surface area contributed by atoms with E-state index in [1.165, 1.54) is 33.9 Å². The average Bonchev–Trinajstić information content (AvgIpc) is 3.33. The lowest BCUT2D eigenvalue weighted by Crippen LogP contribution is -2.60. The van der Waals surface area contributed by atoms with Crippen LogP contribution in [-0.4, -0.2) is 41.9 Å². The van der Waals surface area contributed by atoms with Crippen molar-refractivity contribution in [2.75, 3.05) is 20.6 Å². The quantitative estimate of drug-likeness (QED) is 0.317. The molecule has 3 nitrogen and oxygen atoms in total. The molecule has 0 aromatic heterocycles. The number of carbonyl (C=O) groups is 1. The Bertz CT molecular complexity index is 1480. The highest BCUT2D eigenvalue weighted by Gasteiger charge is 2.54. The number of carbonyl (C=O) groups excluding carboxylic acids is 1. The topological polar surface area (TPSA) is 23.6 Å². The molecule has 40 heavy (non-hydrogen) atoms. The van der Waals surface area contributed by atoms with E-state index in [1.807, 2.05) is 35.2 Å². The summed E-state index contributed by atoms with van der Waals surface area (Å²) in [5.74, 6) is -1.84. The van der Waals surface area contributed by atoms with Crippen molar-refractivity contribution < 1.29 is 22.4 Å². The van der Waals surface area contributed by atoms with E-state index in [1.54, 1.807) is 0 Å².